The number of rotatable bonds is 6. The standard InChI is InChI=1S/C27H25F3/c1-4-23(25-12-8-19(2)9-13-25)17-22-11-15-24(20(3)16-22)14-10-21-6-5-7-26(18-21)27(28,29)30/h5-9,11-13,15-16,18H,1,10,14,17H2,2-3H3. The van der Waals surface area contributed by atoms with Gasteiger partial charge in [-0.2, -0.15) is 13.2 Å². The fourth-order valence-corrected chi connectivity index (χ4v) is 3.56. The molecule has 3 aromatic rings. The zero-order chi connectivity index (χ0) is 21.7. The van der Waals surface area contributed by atoms with E-state index in [9.17, 15) is 13.2 Å². The predicted octanol–water partition coefficient (Wildman–Crippen LogP) is 7.52. The van der Waals surface area contributed by atoms with Gasteiger partial charge in [-0.15, -0.1) is 5.73 Å². The van der Waals surface area contributed by atoms with Gasteiger partial charge in [-0.25, -0.2) is 0 Å². The highest BCUT2D eigenvalue weighted by atomic mass is 19.4. The summed E-state index contributed by atoms with van der Waals surface area (Å²) in [5.74, 6) is 0. The van der Waals surface area contributed by atoms with E-state index in [1.807, 2.05) is 6.92 Å². The molecule has 0 saturated heterocycles. The fraction of sp³-hybridized carbons (Fsp3) is 0.222. The first-order valence-electron chi connectivity index (χ1n) is 9.97. The largest absolute Gasteiger partial charge is 0.416 e. The molecule has 0 aliphatic carbocycles. The molecule has 0 unspecified atom stereocenters. The summed E-state index contributed by atoms with van der Waals surface area (Å²) in [4.78, 5) is 0. The van der Waals surface area contributed by atoms with Crippen molar-refractivity contribution in [3.63, 3.8) is 0 Å². The Morgan fingerprint density at radius 1 is 0.867 bits per heavy atom. The Morgan fingerprint density at radius 3 is 2.23 bits per heavy atom. The molecule has 0 fully saturated rings. The van der Waals surface area contributed by atoms with Crippen LogP contribution in [0.4, 0.5) is 13.2 Å². The van der Waals surface area contributed by atoms with E-state index >= 15 is 0 Å². The summed E-state index contributed by atoms with van der Waals surface area (Å²) in [6, 6.07) is 20.2. The molecule has 0 heterocycles. The van der Waals surface area contributed by atoms with Crippen LogP contribution in [-0.4, -0.2) is 0 Å². The second-order valence-electron chi connectivity index (χ2n) is 7.66. The van der Waals surface area contributed by atoms with Crippen molar-refractivity contribution in [3.05, 3.63) is 118 Å². The summed E-state index contributed by atoms with van der Waals surface area (Å²) in [6.07, 6.45) is -2.29. The van der Waals surface area contributed by atoms with Crippen LogP contribution < -0.4 is 0 Å². The Balaban J connectivity index is 1.69. The average Bonchev–Trinajstić information content (AvgIpc) is 2.72. The van der Waals surface area contributed by atoms with Gasteiger partial charge in [0.15, 0.2) is 0 Å². The molecule has 0 atom stereocenters. The molecule has 3 aromatic carbocycles. The zero-order valence-electron chi connectivity index (χ0n) is 17.3. The van der Waals surface area contributed by atoms with Crippen molar-refractivity contribution in [3.8, 4) is 0 Å². The lowest BCUT2D eigenvalue weighted by molar-refractivity contribution is -0.137. The van der Waals surface area contributed by atoms with E-state index in [1.165, 1.54) is 23.3 Å². The number of halogens is 3. The van der Waals surface area contributed by atoms with E-state index in [1.54, 1.807) is 6.07 Å². The van der Waals surface area contributed by atoms with Crippen molar-refractivity contribution >= 4 is 5.57 Å². The van der Waals surface area contributed by atoms with Crippen molar-refractivity contribution in [2.45, 2.75) is 39.3 Å². The van der Waals surface area contributed by atoms with Gasteiger partial charge in [-0.3, -0.25) is 0 Å². The molecule has 0 amide bonds. The number of aryl methyl sites for hydroxylation is 4. The van der Waals surface area contributed by atoms with Crippen molar-refractivity contribution < 1.29 is 13.2 Å². The van der Waals surface area contributed by atoms with Crippen molar-refractivity contribution in [1.29, 1.82) is 0 Å². The lowest BCUT2D eigenvalue weighted by Crippen LogP contribution is -2.05. The average molecular weight is 406 g/mol. The van der Waals surface area contributed by atoms with Crippen LogP contribution in [-0.2, 0) is 25.4 Å². The number of hydrogen-bond acceptors (Lipinski definition) is 0. The van der Waals surface area contributed by atoms with E-state index in [0.717, 1.165) is 34.8 Å². The first kappa shape index (κ1) is 21.7. The van der Waals surface area contributed by atoms with Crippen LogP contribution in [0.15, 0.2) is 79.0 Å². The molecule has 0 spiro atoms. The first-order valence-corrected chi connectivity index (χ1v) is 9.97. The summed E-state index contributed by atoms with van der Waals surface area (Å²) in [7, 11) is 0. The van der Waals surface area contributed by atoms with Gasteiger partial charge in [0, 0.05) is 12.0 Å². The Bertz CT molecular complexity index is 1070. The minimum absolute atomic E-state index is 0.575. The van der Waals surface area contributed by atoms with Gasteiger partial charge in [0.05, 0.1) is 5.56 Å². The molecule has 0 saturated carbocycles. The van der Waals surface area contributed by atoms with Gasteiger partial charge >= 0.3 is 6.18 Å². The molecular formula is C27H25F3. The SMILES string of the molecule is C=C=C(Cc1ccc(CCc2cccc(C(F)(F)F)c2)c(C)c1)c1ccc(C)cc1. The molecule has 0 radical (unpaired) electrons. The van der Waals surface area contributed by atoms with Crippen molar-refractivity contribution in [2.75, 3.05) is 0 Å². The Labute approximate surface area is 176 Å². The van der Waals surface area contributed by atoms with Crippen LogP contribution in [0.25, 0.3) is 5.57 Å². The van der Waals surface area contributed by atoms with E-state index in [2.05, 4.69) is 61.7 Å². The van der Waals surface area contributed by atoms with Crippen LogP contribution in [0.1, 0.15) is 38.9 Å². The number of alkyl halides is 3. The first-order chi connectivity index (χ1) is 14.3. The highest BCUT2D eigenvalue weighted by Gasteiger charge is 2.30. The van der Waals surface area contributed by atoms with Crippen LogP contribution in [0, 0.1) is 13.8 Å². The quantitative estimate of drug-likeness (QED) is 0.371. The summed E-state index contributed by atoms with van der Waals surface area (Å²) in [5, 5.41) is 0. The maximum absolute atomic E-state index is 12.9. The number of hydrogen-bond donors (Lipinski definition) is 0. The normalized spacial score (nSPS) is 11.2. The van der Waals surface area contributed by atoms with Gasteiger partial charge in [0.25, 0.3) is 0 Å². The number of allylic oxidation sites excluding steroid dienone is 1. The smallest absolute Gasteiger partial charge is 0.166 e. The predicted molar refractivity (Wildman–Crippen MR) is 117 cm³/mol. The van der Waals surface area contributed by atoms with Gasteiger partial charge in [0.1, 0.15) is 0 Å². The van der Waals surface area contributed by atoms with E-state index in [0.29, 0.717) is 18.4 Å². The highest BCUT2D eigenvalue weighted by molar-refractivity contribution is 5.67. The summed E-state index contributed by atoms with van der Waals surface area (Å²) < 4.78 is 38.7. The Kier molecular flexibility index (Phi) is 6.64. The molecule has 154 valence electrons. The molecule has 0 aliphatic rings. The Hall–Kier alpha value is -3.03. The molecule has 0 aromatic heterocycles. The maximum atomic E-state index is 12.9. The van der Waals surface area contributed by atoms with E-state index in [-0.39, 0.29) is 0 Å². The fourth-order valence-electron chi connectivity index (χ4n) is 3.56. The second kappa shape index (κ2) is 9.19. The maximum Gasteiger partial charge on any atom is 0.416 e. The van der Waals surface area contributed by atoms with Crippen molar-refractivity contribution in [1.82, 2.24) is 0 Å². The minimum atomic E-state index is -4.30. The van der Waals surface area contributed by atoms with E-state index < -0.39 is 11.7 Å². The molecule has 3 heteroatoms. The molecule has 0 nitrogen and oxygen atoms in total. The topological polar surface area (TPSA) is 0 Å². The minimum Gasteiger partial charge on any atom is -0.166 e. The molecule has 0 aliphatic heterocycles. The van der Waals surface area contributed by atoms with Crippen LogP contribution >= 0.6 is 0 Å². The Morgan fingerprint density at radius 2 is 1.60 bits per heavy atom. The molecule has 0 N–H and O–H groups in total. The van der Waals surface area contributed by atoms with Crippen LogP contribution in [0.3, 0.4) is 0 Å². The highest BCUT2D eigenvalue weighted by Crippen LogP contribution is 2.30. The lowest BCUT2D eigenvalue weighted by Gasteiger charge is -2.12. The second-order valence-corrected chi connectivity index (χ2v) is 7.66. The van der Waals surface area contributed by atoms with Gasteiger partial charge in [0.2, 0.25) is 0 Å². The van der Waals surface area contributed by atoms with Gasteiger partial charge in [-0.1, -0.05) is 72.8 Å². The van der Waals surface area contributed by atoms with Gasteiger partial charge < -0.3 is 0 Å². The third-order valence-corrected chi connectivity index (χ3v) is 5.34. The van der Waals surface area contributed by atoms with E-state index in [4.69, 9.17) is 0 Å². The monoisotopic (exact) mass is 406 g/mol. The molecule has 30 heavy (non-hydrogen) atoms. The molecule has 0 bridgehead atoms. The van der Waals surface area contributed by atoms with Gasteiger partial charge in [-0.05, 0) is 60.6 Å². The molecular weight excluding hydrogens is 381 g/mol. The van der Waals surface area contributed by atoms with Crippen LogP contribution in [0.5, 0.6) is 0 Å². The summed E-state index contributed by atoms with van der Waals surface area (Å²) in [5.41, 5.74) is 10.0. The number of benzene rings is 3. The summed E-state index contributed by atoms with van der Waals surface area (Å²) >= 11 is 0. The third kappa shape index (κ3) is 5.52. The molecule has 3 rings (SSSR count). The zero-order valence-corrected chi connectivity index (χ0v) is 17.3. The summed E-state index contributed by atoms with van der Waals surface area (Å²) in [6.45, 7) is 7.95. The van der Waals surface area contributed by atoms with Crippen LogP contribution in [0.2, 0.25) is 0 Å². The third-order valence-electron chi connectivity index (χ3n) is 5.34. The van der Waals surface area contributed by atoms with Crippen molar-refractivity contribution in [2.24, 2.45) is 0 Å². The lowest BCUT2D eigenvalue weighted by atomic mass is 9.94.